The molecule has 168 valence electrons. The third-order valence-corrected chi connectivity index (χ3v) is 5.91. The van der Waals surface area contributed by atoms with E-state index >= 15 is 0 Å². The van der Waals surface area contributed by atoms with Gasteiger partial charge < -0.3 is 9.73 Å². The standard InChI is InChI=1S/C23H21N5O4S/c1-15-5-3-6-17(13-15)14-33-23-26-25-21(16(2)24-22(29)20-7-4-12-32-20)27(23)18-8-10-19(11-9-18)28(30)31/h3-13,16H,14H2,1-2H3,(H,24,29). The van der Waals surface area contributed by atoms with Crippen LogP contribution in [0.4, 0.5) is 5.69 Å². The Bertz CT molecular complexity index is 1270. The number of rotatable bonds is 8. The number of amides is 1. The fourth-order valence-corrected chi connectivity index (χ4v) is 4.21. The zero-order valence-electron chi connectivity index (χ0n) is 18.0. The SMILES string of the molecule is Cc1cccc(CSc2nnc(C(C)NC(=O)c3ccco3)n2-c2ccc([N+](=O)[O-])cc2)c1. The lowest BCUT2D eigenvalue weighted by Crippen LogP contribution is -2.28. The third-order valence-electron chi connectivity index (χ3n) is 4.91. The maximum atomic E-state index is 12.5. The summed E-state index contributed by atoms with van der Waals surface area (Å²) in [6, 6.07) is 17.0. The fourth-order valence-electron chi connectivity index (χ4n) is 3.31. The molecule has 0 aliphatic rings. The molecule has 0 saturated heterocycles. The molecule has 9 nitrogen and oxygen atoms in total. The van der Waals surface area contributed by atoms with Gasteiger partial charge in [0.05, 0.1) is 17.2 Å². The van der Waals surface area contributed by atoms with Gasteiger partial charge in [-0.2, -0.15) is 0 Å². The highest BCUT2D eigenvalue weighted by atomic mass is 32.2. The van der Waals surface area contributed by atoms with Crippen molar-refractivity contribution in [2.75, 3.05) is 0 Å². The summed E-state index contributed by atoms with van der Waals surface area (Å²) < 4.78 is 6.96. The molecule has 0 aliphatic heterocycles. The first kappa shape index (κ1) is 22.3. The van der Waals surface area contributed by atoms with Crippen LogP contribution in [-0.2, 0) is 5.75 Å². The van der Waals surface area contributed by atoms with Gasteiger partial charge >= 0.3 is 0 Å². The summed E-state index contributed by atoms with van der Waals surface area (Å²) in [5.74, 6) is 0.979. The van der Waals surface area contributed by atoms with Crippen LogP contribution in [0.2, 0.25) is 0 Å². The molecule has 1 N–H and O–H groups in total. The number of nitro benzene ring substituents is 1. The van der Waals surface area contributed by atoms with Crippen LogP contribution < -0.4 is 5.32 Å². The predicted octanol–water partition coefficient (Wildman–Crippen LogP) is 4.86. The van der Waals surface area contributed by atoms with E-state index in [1.165, 1.54) is 35.7 Å². The Hall–Kier alpha value is -3.92. The molecule has 1 amide bonds. The van der Waals surface area contributed by atoms with E-state index in [1.54, 1.807) is 35.8 Å². The van der Waals surface area contributed by atoms with E-state index in [2.05, 4.69) is 21.6 Å². The maximum Gasteiger partial charge on any atom is 0.287 e. The van der Waals surface area contributed by atoms with Crippen molar-refractivity contribution in [3.05, 3.63) is 99.8 Å². The van der Waals surface area contributed by atoms with Gasteiger partial charge in [-0.1, -0.05) is 41.6 Å². The van der Waals surface area contributed by atoms with Gasteiger partial charge in [0, 0.05) is 23.6 Å². The minimum atomic E-state index is -0.501. The minimum Gasteiger partial charge on any atom is -0.459 e. The van der Waals surface area contributed by atoms with Gasteiger partial charge in [-0.05, 0) is 43.7 Å². The molecule has 1 atom stereocenters. The van der Waals surface area contributed by atoms with Gasteiger partial charge in [-0.3, -0.25) is 19.5 Å². The summed E-state index contributed by atoms with van der Waals surface area (Å²) in [7, 11) is 0. The van der Waals surface area contributed by atoms with Crippen molar-refractivity contribution in [3.8, 4) is 5.69 Å². The van der Waals surface area contributed by atoms with E-state index in [0.717, 1.165) is 5.56 Å². The topological polar surface area (TPSA) is 116 Å². The molecule has 4 rings (SSSR count). The minimum absolute atomic E-state index is 0.0125. The number of aryl methyl sites for hydroxylation is 1. The second-order valence-electron chi connectivity index (χ2n) is 7.40. The van der Waals surface area contributed by atoms with E-state index in [-0.39, 0.29) is 17.4 Å². The molecule has 10 heteroatoms. The number of non-ortho nitro benzene ring substituents is 1. The molecule has 0 bridgehead atoms. The van der Waals surface area contributed by atoms with Gasteiger partial charge in [0.1, 0.15) is 0 Å². The first-order valence-corrected chi connectivity index (χ1v) is 11.1. The second-order valence-corrected chi connectivity index (χ2v) is 8.34. The molecule has 0 spiro atoms. The van der Waals surface area contributed by atoms with E-state index in [1.807, 2.05) is 25.1 Å². The van der Waals surface area contributed by atoms with Crippen molar-refractivity contribution in [1.29, 1.82) is 0 Å². The van der Waals surface area contributed by atoms with Crippen molar-refractivity contribution in [2.45, 2.75) is 30.8 Å². The molecule has 4 aromatic rings. The van der Waals surface area contributed by atoms with Crippen molar-refractivity contribution in [2.24, 2.45) is 0 Å². The number of aromatic nitrogens is 3. The molecular formula is C23H21N5O4S. The highest BCUT2D eigenvalue weighted by molar-refractivity contribution is 7.98. The number of hydrogen-bond donors (Lipinski definition) is 1. The zero-order valence-corrected chi connectivity index (χ0v) is 18.8. The molecule has 2 aromatic heterocycles. The van der Waals surface area contributed by atoms with Gasteiger partial charge in [0.15, 0.2) is 16.7 Å². The summed E-state index contributed by atoms with van der Waals surface area (Å²) in [5.41, 5.74) is 2.95. The summed E-state index contributed by atoms with van der Waals surface area (Å²) in [6.07, 6.45) is 1.43. The number of hydrogen-bond acceptors (Lipinski definition) is 7. The van der Waals surface area contributed by atoms with Crippen LogP contribution in [-0.4, -0.2) is 25.6 Å². The lowest BCUT2D eigenvalue weighted by Gasteiger charge is -2.16. The molecule has 2 aromatic carbocycles. The van der Waals surface area contributed by atoms with E-state index in [0.29, 0.717) is 22.4 Å². The largest absolute Gasteiger partial charge is 0.459 e. The lowest BCUT2D eigenvalue weighted by atomic mass is 10.2. The van der Waals surface area contributed by atoms with Crippen LogP contribution >= 0.6 is 11.8 Å². The van der Waals surface area contributed by atoms with Gasteiger partial charge in [-0.15, -0.1) is 10.2 Å². The summed E-state index contributed by atoms with van der Waals surface area (Å²) in [4.78, 5) is 23.1. The fraction of sp³-hybridized carbons (Fsp3) is 0.174. The normalized spacial score (nSPS) is 11.8. The average Bonchev–Trinajstić information content (AvgIpc) is 3.48. The second kappa shape index (κ2) is 9.70. The number of nitro groups is 1. The Morgan fingerprint density at radius 2 is 1.97 bits per heavy atom. The smallest absolute Gasteiger partial charge is 0.287 e. The Morgan fingerprint density at radius 1 is 1.18 bits per heavy atom. The molecule has 0 saturated carbocycles. The summed E-state index contributed by atoms with van der Waals surface area (Å²) >= 11 is 1.49. The average molecular weight is 464 g/mol. The van der Waals surface area contributed by atoms with Crippen molar-refractivity contribution < 1.29 is 14.1 Å². The molecular weight excluding hydrogens is 442 g/mol. The van der Waals surface area contributed by atoms with Crippen LogP contribution in [0.25, 0.3) is 5.69 Å². The van der Waals surface area contributed by atoms with Crippen molar-refractivity contribution in [3.63, 3.8) is 0 Å². The Morgan fingerprint density at radius 3 is 2.64 bits per heavy atom. The number of thioether (sulfide) groups is 1. The Labute approximate surface area is 194 Å². The molecule has 0 aliphatic carbocycles. The summed E-state index contributed by atoms with van der Waals surface area (Å²) in [5, 5.41) is 23.2. The number of nitrogens with zero attached hydrogens (tertiary/aromatic N) is 4. The van der Waals surface area contributed by atoms with Crippen LogP contribution in [0.15, 0.2) is 76.5 Å². The van der Waals surface area contributed by atoms with Gasteiger partial charge in [-0.25, -0.2) is 0 Å². The Balaban J connectivity index is 1.65. The van der Waals surface area contributed by atoms with Crippen LogP contribution in [0.3, 0.4) is 0 Å². The monoisotopic (exact) mass is 463 g/mol. The van der Waals surface area contributed by atoms with Crippen LogP contribution in [0.5, 0.6) is 0 Å². The van der Waals surface area contributed by atoms with Crippen molar-refractivity contribution in [1.82, 2.24) is 20.1 Å². The zero-order chi connectivity index (χ0) is 23.4. The maximum absolute atomic E-state index is 12.5. The first-order valence-electron chi connectivity index (χ1n) is 10.1. The van der Waals surface area contributed by atoms with Crippen molar-refractivity contribution >= 4 is 23.4 Å². The lowest BCUT2D eigenvalue weighted by molar-refractivity contribution is -0.384. The molecule has 0 fully saturated rings. The number of benzene rings is 2. The number of furan rings is 1. The van der Waals surface area contributed by atoms with Crippen LogP contribution in [0.1, 0.15) is 40.5 Å². The number of carbonyl (C=O) groups is 1. The number of nitrogens with one attached hydrogen (secondary N) is 1. The molecule has 0 radical (unpaired) electrons. The third kappa shape index (κ3) is 5.12. The quantitative estimate of drug-likeness (QED) is 0.225. The van der Waals surface area contributed by atoms with Crippen LogP contribution in [0, 0.1) is 17.0 Å². The summed E-state index contributed by atoms with van der Waals surface area (Å²) in [6.45, 7) is 3.83. The Kier molecular flexibility index (Phi) is 6.55. The molecule has 2 heterocycles. The van der Waals surface area contributed by atoms with E-state index in [4.69, 9.17) is 4.42 Å². The first-order chi connectivity index (χ1) is 15.9. The number of carbonyl (C=O) groups excluding carboxylic acids is 1. The molecule has 33 heavy (non-hydrogen) atoms. The van der Waals surface area contributed by atoms with E-state index < -0.39 is 11.0 Å². The highest BCUT2D eigenvalue weighted by Gasteiger charge is 2.23. The molecule has 1 unspecified atom stereocenters. The van der Waals surface area contributed by atoms with Gasteiger partial charge in [0.25, 0.3) is 11.6 Å². The predicted molar refractivity (Wildman–Crippen MR) is 123 cm³/mol. The van der Waals surface area contributed by atoms with E-state index in [9.17, 15) is 14.9 Å². The van der Waals surface area contributed by atoms with Gasteiger partial charge in [0.2, 0.25) is 0 Å². The highest BCUT2D eigenvalue weighted by Crippen LogP contribution is 2.28.